The average molecular weight is 272 g/mol. The Morgan fingerprint density at radius 1 is 0.895 bits per heavy atom. The first-order valence-corrected chi connectivity index (χ1v) is 7.44. The molecule has 0 unspecified atom stereocenters. The third kappa shape index (κ3) is 4.38. The number of hydrogen-bond acceptors (Lipinski definition) is 2. The predicted octanol–water partition coefficient (Wildman–Crippen LogP) is 3.27. The van der Waals surface area contributed by atoms with Crippen LogP contribution in [0.3, 0.4) is 0 Å². The Hall–Kier alpha value is -1.87. The molecule has 0 aliphatic carbocycles. The van der Waals surface area contributed by atoms with Crippen LogP contribution in [0.15, 0.2) is 66.1 Å². The summed E-state index contributed by atoms with van der Waals surface area (Å²) in [6.45, 7) is 0. The van der Waals surface area contributed by atoms with Crippen molar-refractivity contribution in [2.24, 2.45) is 0 Å². The summed E-state index contributed by atoms with van der Waals surface area (Å²) in [6, 6.07) is 19.7. The Morgan fingerprint density at radius 3 is 2.05 bits per heavy atom. The van der Waals surface area contributed by atoms with Crippen LogP contribution in [-0.4, -0.2) is 8.42 Å². The van der Waals surface area contributed by atoms with Crippen LogP contribution in [0.2, 0.25) is 0 Å². The minimum atomic E-state index is -2.51. The molecule has 0 atom stereocenters. The second-order valence-corrected chi connectivity index (χ2v) is 5.12. The van der Waals surface area contributed by atoms with Crippen LogP contribution in [0.5, 0.6) is 0 Å². The minimum Gasteiger partial charge on any atom is -0.227 e. The summed E-state index contributed by atoms with van der Waals surface area (Å²) in [5.41, 5.74) is 3.05. The Morgan fingerprint density at radius 2 is 1.47 bits per heavy atom. The fourth-order valence-electron chi connectivity index (χ4n) is 1.99. The van der Waals surface area contributed by atoms with Crippen molar-refractivity contribution in [3.8, 4) is 0 Å². The number of aryl methyl sites for hydroxylation is 1. The number of hydrogen-bond donors (Lipinski definition) is 1. The van der Waals surface area contributed by atoms with Gasteiger partial charge in [-0.15, -0.1) is 0 Å². The van der Waals surface area contributed by atoms with E-state index in [1.807, 2.05) is 48.5 Å². The molecule has 0 aromatic heterocycles. The van der Waals surface area contributed by atoms with Crippen LogP contribution in [0.25, 0.3) is 5.57 Å². The normalized spacial score (nSPS) is 11.7. The lowest BCUT2D eigenvalue weighted by Crippen LogP contribution is -1.90. The van der Waals surface area contributed by atoms with E-state index in [9.17, 15) is 8.42 Å². The lowest BCUT2D eigenvalue weighted by molar-refractivity contribution is 0.622. The minimum absolute atomic E-state index is 0.720. The number of allylic oxidation sites excluding steroid dienone is 1. The van der Waals surface area contributed by atoms with Crippen LogP contribution >= 0.6 is 0 Å². The molecule has 0 amide bonds. The molecule has 2 aromatic rings. The van der Waals surface area contributed by atoms with E-state index in [-0.39, 0.29) is 0 Å². The van der Waals surface area contributed by atoms with Gasteiger partial charge in [0.05, 0.1) is 0 Å². The van der Waals surface area contributed by atoms with Crippen LogP contribution in [-0.2, 0) is 17.1 Å². The molecule has 0 bridgehead atoms. The Labute approximate surface area is 115 Å². The largest absolute Gasteiger partial charge is 0.227 e. The standard InChI is InChI=1S/C16H16O2S/c17-19(18)13-16(15-9-5-2-6-10-15)12-11-14-7-3-1-4-8-14/h1-10,13,19H,11-12H2. The number of thiol groups is 1. The molecule has 0 heterocycles. The summed E-state index contributed by atoms with van der Waals surface area (Å²) in [5.74, 6) is 0. The van der Waals surface area contributed by atoms with E-state index < -0.39 is 10.7 Å². The predicted molar refractivity (Wildman–Crippen MR) is 79.5 cm³/mol. The second kappa shape index (κ2) is 6.90. The smallest absolute Gasteiger partial charge is 0.161 e. The highest BCUT2D eigenvalue weighted by atomic mass is 32.2. The highest BCUT2D eigenvalue weighted by Crippen LogP contribution is 2.20. The maximum absolute atomic E-state index is 11.0. The monoisotopic (exact) mass is 272 g/mol. The summed E-state index contributed by atoms with van der Waals surface area (Å²) < 4.78 is 21.9. The maximum atomic E-state index is 11.0. The molecule has 0 saturated heterocycles. The number of rotatable bonds is 5. The molecule has 0 saturated carbocycles. The van der Waals surface area contributed by atoms with Gasteiger partial charge in [0.15, 0.2) is 10.7 Å². The van der Waals surface area contributed by atoms with Crippen molar-refractivity contribution in [1.29, 1.82) is 0 Å². The third-order valence-electron chi connectivity index (χ3n) is 2.93. The van der Waals surface area contributed by atoms with Crippen molar-refractivity contribution in [1.82, 2.24) is 0 Å². The second-order valence-electron chi connectivity index (χ2n) is 4.29. The van der Waals surface area contributed by atoms with Crippen molar-refractivity contribution < 1.29 is 8.42 Å². The van der Waals surface area contributed by atoms with Crippen LogP contribution in [0, 0.1) is 0 Å². The van der Waals surface area contributed by atoms with E-state index in [1.165, 1.54) is 11.0 Å². The lowest BCUT2D eigenvalue weighted by Gasteiger charge is -2.07. The first-order chi connectivity index (χ1) is 9.25. The molecule has 2 aromatic carbocycles. The van der Waals surface area contributed by atoms with Crippen molar-refractivity contribution >= 4 is 16.3 Å². The van der Waals surface area contributed by atoms with Crippen LogP contribution < -0.4 is 0 Å². The summed E-state index contributed by atoms with van der Waals surface area (Å²) in [5, 5.41) is 1.34. The highest BCUT2D eigenvalue weighted by Gasteiger charge is 2.02. The van der Waals surface area contributed by atoms with Crippen LogP contribution in [0.4, 0.5) is 0 Å². The molecule has 2 nitrogen and oxygen atoms in total. The topological polar surface area (TPSA) is 34.1 Å². The van der Waals surface area contributed by atoms with Gasteiger partial charge in [0.2, 0.25) is 0 Å². The van der Waals surface area contributed by atoms with Gasteiger partial charge in [-0.3, -0.25) is 0 Å². The first-order valence-electron chi connectivity index (χ1n) is 6.19. The molecule has 0 spiro atoms. The molecule has 0 fully saturated rings. The fraction of sp³-hybridized carbons (Fsp3) is 0.125. The van der Waals surface area contributed by atoms with Gasteiger partial charge in [0.1, 0.15) is 0 Å². The highest BCUT2D eigenvalue weighted by molar-refractivity contribution is 7.75. The molecular formula is C16H16O2S. The van der Waals surface area contributed by atoms with E-state index in [0.717, 1.165) is 24.0 Å². The van der Waals surface area contributed by atoms with E-state index in [2.05, 4.69) is 12.1 Å². The van der Waals surface area contributed by atoms with Gasteiger partial charge in [-0.05, 0) is 29.5 Å². The molecule has 0 aliphatic heterocycles. The third-order valence-corrected chi connectivity index (χ3v) is 3.45. The van der Waals surface area contributed by atoms with Crippen LogP contribution in [0.1, 0.15) is 17.5 Å². The molecular weight excluding hydrogens is 256 g/mol. The van der Waals surface area contributed by atoms with Crippen molar-refractivity contribution in [3.05, 3.63) is 77.2 Å². The SMILES string of the molecule is O=[SH](=O)C=C(CCc1ccccc1)c1ccccc1. The van der Waals surface area contributed by atoms with Gasteiger partial charge in [0, 0.05) is 5.41 Å². The molecule has 19 heavy (non-hydrogen) atoms. The molecule has 0 N–H and O–H groups in total. The summed E-state index contributed by atoms with van der Waals surface area (Å²) in [6.07, 6.45) is 1.56. The average Bonchev–Trinajstić information content (AvgIpc) is 2.45. The van der Waals surface area contributed by atoms with E-state index in [4.69, 9.17) is 0 Å². The molecule has 0 radical (unpaired) electrons. The molecule has 2 rings (SSSR count). The van der Waals surface area contributed by atoms with E-state index >= 15 is 0 Å². The van der Waals surface area contributed by atoms with Gasteiger partial charge in [0.25, 0.3) is 0 Å². The zero-order valence-electron chi connectivity index (χ0n) is 10.5. The Kier molecular flexibility index (Phi) is 4.93. The Bertz CT molecular complexity index is 606. The van der Waals surface area contributed by atoms with E-state index in [0.29, 0.717) is 0 Å². The fourth-order valence-corrected chi connectivity index (χ4v) is 2.52. The van der Waals surface area contributed by atoms with Gasteiger partial charge in [-0.25, -0.2) is 8.42 Å². The molecule has 0 aliphatic rings. The van der Waals surface area contributed by atoms with Gasteiger partial charge < -0.3 is 0 Å². The summed E-state index contributed by atoms with van der Waals surface area (Å²) in [7, 11) is -2.51. The van der Waals surface area contributed by atoms with Crippen molar-refractivity contribution in [2.75, 3.05) is 0 Å². The maximum Gasteiger partial charge on any atom is 0.161 e. The summed E-state index contributed by atoms with van der Waals surface area (Å²) in [4.78, 5) is 0. The number of benzene rings is 2. The van der Waals surface area contributed by atoms with Crippen molar-refractivity contribution in [2.45, 2.75) is 12.8 Å². The van der Waals surface area contributed by atoms with Gasteiger partial charge >= 0.3 is 0 Å². The van der Waals surface area contributed by atoms with Gasteiger partial charge in [-0.1, -0.05) is 60.7 Å². The van der Waals surface area contributed by atoms with E-state index in [1.54, 1.807) is 0 Å². The van der Waals surface area contributed by atoms with Crippen molar-refractivity contribution in [3.63, 3.8) is 0 Å². The summed E-state index contributed by atoms with van der Waals surface area (Å²) >= 11 is 0. The first kappa shape index (κ1) is 13.6. The lowest BCUT2D eigenvalue weighted by atomic mass is 10.00. The molecule has 3 heteroatoms. The zero-order chi connectivity index (χ0) is 13.5. The van der Waals surface area contributed by atoms with Gasteiger partial charge in [-0.2, -0.15) is 0 Å². The zero-order valence-corrected chi connectivity index (χ0v) is 11.4. The quantitative estimate of drug-likeness (QED) is 0.848. The Balaban J connectivity index is 2.16. The molecule has 98 valence electrons.